The minimum atomic E-state index is -1.28. The summed E-state index contributed by atoms with van der Waals surface area (Å²) in [6.45, 7) is -0.113. The van der Waals surface area contributed by atoms with Gasteiger partial charge in [0.2, 0.25) is 12.4 Å². The number of hydrogen-bond acceptors (Lipinski definition) is 4. The second kappa shape index (κ2) is 2.81. The van der Waals surface area contributed by atoms with Crippen molar-refractivity contribution in [1.82, 2.24) is 0 Å². The van der Waals surface area contributed by atoms with Crippen molar-refractivity contribution in [1.29, 1.82) is 0 Å². The van der Waals surface area contributed by atoms with Gasteiger partial charge in [-0.1, -0.05) is 0 Å². The molecule has 0 aromatic carbocycles. The zero-order valence-electron chi connectivity index (χ0n) is 5.27. The van der Waals surface area contributed by atoms with Gasteiger partial charge in [-0.3, -0.25) is 0 Å². The number of ether oxygens (including phenoxy) is 1. The highest BCUT2D eigenvalue weighted by Crippen LogP contribution is 2.12. The minimum absolute atomic E-state index is 0.113. The van der Waals surface area contributed by atoms with Gasteiger partial charge in [0.05, 0.1) is 6.61 Å². The van der Waals surface area contributed by atoms with E-state index < -0.39 is 24.6 Å². The molecule has 60 valence electrons. The first-order valence-electron chi connectivity index (χ1n) is 3.00. The number of aliphatic hydroxyl groups is 3. The van der Waals surface area contributed by atoms with Gasteiger partial charge in [0.15, 0.2) is 6.10 Å². The Morgan fingerprint density at radius 3 is 2.40 bits per heavy atom. The molecule has 0 spiro atoms. The van der Waals surface area contributed by atoms with E-state index in [1.807, 2.05) is 0 Å². The van der Waals surface area contributed by atoms with Gasteiger partial charge >= 0.3 is 0 Å². The van der Waals surface area contributed by atoms with E-state index in [-0.39, 0.29) is 6.61 Å². The standard InChI is InChI=1S/C5H10O5/c6-2-1-10-5(9)4(8)3(2)7/h2-9H,1H2/p+1. The molecule has 4 atom stereocenters. The van der Waals surface area contributed by atoms with Crippen molar-refractivity contribution in [2.24, 2.45) is 0 Å². The molecule has 0 aliphatic carbocycles. The Balaban J connectivity index is 2.52. The molecule has 5 nitrogen and oxygen atoms in total. The summed E-state index contributed by atoms with van der Waals surface area (Å²) < 4.78 is 4.53. The van der Waals surface area contributed by atoms with Gasteiger partial charge in [-0.25, -0.2) is 0 Å². The molecule has 0 saturated carbocycles. The molecule has 1 heterocycles. The van der Waals surface area contributed by atoms with Crippen LogP contribution in [0.25, 0.3) is 0 Å². The van der Waals surface area contributed by atoms with Crippen molar-refractivity contribution >= 4 is 0 Å². The molecule has 1 rings (SSSR count). The van der Waals surface area contributed by atoms with Crippen molar-refractivity contribution in [2.75, 3.05) is 6.61 Å². The van der Waals surface area contributed by atoms with Gasteiger partial charge in [0.1, 0.15) is 6.10 Å². The molecule has 1 fully saturated rings. The second-order valence-corrected chi connectivity index (χ2v) is 2.31. The molecule has 1 saturated heterocycles. The van der Waals surface area contributed by atoms with Crippen molar-refractivity contribution in [3.8, 4) is 0 Å². The fourth-order valence-corrected chi connectivity index (χ4v) is 0.807. The van der Waals surface area contributed by atoms with Crippen LogP contribution in [0.1, 0.15) is 0 Å². The van der Waals surface area contributed by atoms with E-state index in [4.69, 9.17) is 20.4 Å². The lowest BCUT2D eigenvalue weighted by molar-refractivity contribution is -0.252. The van der Waals surface area contributed by atoms with Crippen molar-refractivity contribution in [3.05, 3.63) is 0 Å². The van der Waals surface area contributed by atoms with Crippen LogP contribution in [0.15, 0.2) is 0 Å². The van der Waals surface area contributed by atoms with Crippen molar-refractivity contribution < 1.29 is 25.2 Å². The molecular formula is C5H11O5+. The van der Waals surface area contributed by atoms with E-state index in [1.165, 1.54) is 0 Å². The van der Waals surface area contributed by atoms with E-state index in [2.05, 4.69) is 4.74 Å². The molecule has 1 aliphatic rings. The van der Waals surface area contributed by atoms with E-state index in [9.17, 15) is 0 Å². The smallest absolute Gasteiger partial charge is 0.234 e. The van der Waals surface area contributed by atoms with Gasteiger partial charge in [-0.05, 0) is 0 Å². The number of rotatable bonds is 0. The van der Waals surface area contributed by atoms with E-state index in [0.29, 0.717) is 0 Å². The van der Waals surface area contributed by atoms with Gasteiger partial charge in [0.25, 0.3) is 0 Å². The fraction of sp³-hybridized carbons (Fsp3) is 1.00. The summed E-state index contributed by atoms with van der Waals surface area (Å²) in [7, 11) is 0. The second-order valence-electron chi connectivity index (χ2n) is 2.31. The van der Waals surface area contributed by atoms with Crippen LogP contribution in [0.2, 0.25) is 0 Å². The first-order chi connectivity index (χ1) is 4.63. The highest BCUT2D eigenvalue weighted by Gasteiger charge is 2.40. The van der Waals surface area contributed by atoms with Crippen LogP contribution in [0.4, 0.5) is 0 Å². The Morgan fingerprint density at radius 1 is 1.30 bits per heavy atom. The third-order valence-corrected chi connectivity index (χ3v) is 1.51. The van der Waals surface area contributed by atoms with Crippen LogP contribution in [0.5, 0.6) is 0 Å². The largest absolute Gasteiger partial charge is 0.437 e. The Hall–Kier alpha value is -0.200. The highest BCUT2D eigenvalue weighted by molar-refractivity contribution is 4.81. The first-order valence-corrected chi connectivity index (χ1v) is 3.00. The third-order valence-electron chi connectivity index (χ3n) is 1.51. The summed E-state index contributed by atoms with van der Waals surface area (Å²) in [4.78, 5) is 0. The topological polar surface area (TPSA) is 92.8 Å². The highest BCUT2D eigenvalue weighted by atomic mass is 16.6. The van der Waals surface area contributed by atoms with E-state index >= 15 is 0 Å². The van der Waals surface area contributed by atoms with Crippen LogP contribution < -0.4 is 0 Å². The molecule has 5 N–H and O–H groups in total. The fourth-order valence-electron chi connectivity index (χ4n) is 0.807. The molecule has 0 aromatic rings. The number of aliphatic hydroxyl groups excluding tert-OH is 3. The summed E-state index contributed by atoms with van der Waals surface area (Å²) in [5.74, 6) is 0. The monoisotopic (exact) mass is 151 g/mol. The summed E-state index contributed by atoms with van der Waals surface area (Å²) in [6.07, 6.45) is -4.70. The zero-order valence-corrected chi connectivity index (χ0v) is 5.27. The van der Waals surface area contributed by atoms with Crippen molar-refractivity contribution in [2.45, 2.75) is 24.6 Å². The summed E-state index contributed by atoms with van der Waals surface area (Å²) in [6, 6.07) is 0. The first kappa shape index (κ1) is 7.90. The Bertz CT molecular complexity index is 103. The van der Waals surface area contributed by atoms with Crippen LogP contribution >= 0.6 is 0 Å². The van der Waals surface area contributed by atoms with Gasteiger partial charge in [-0.2, -0.15) is 0 Å². The lowest BCUT2D eigenvalue weighted by Gasteiger charge is -2.28. The SMILES string of the molecule is OC1COC(O)C([OH2+])C1O. The third kappa shape index (κ3) is 1.28. The predicted molar refractivity (Wildman–Crippen MR) is 31.4 cm³/mol. The summed E-state index contributed by atoms with van der Waals surface area (Å²) >= 11 is 0. The quantitative estimate of drug-likeness (QED) is 0.325. The molecule has 10 heavy (non-hydrogen) atoms. The van der Waals surface area contributed by atoms with Crippen molar-refractivity contribution in [3.63, 3.8) is 0 Å². The molecule has 5 heteroatoms. The maximum Gasteiger partial charge on any atom is 0.234 e. The minimum Gasteiger partial charge on any atom is -0.437 e. The maximum absolute atomic E-state index is 8.94. The normalized spacial score (nSPS) is 49.2. The van der Waals surface area contributed by atoms with E-state index in [0.717, 1.165) is 0 Å². The van der Waals surface area contributed by atoms with Gasteiger partial charge < -0.3 is 25.2 Å². The molecule has 4 unspecified atom stereocenters. The molecule has 1 aliphatic heterocycles. The maximum atomic E-state index is 8.94. The molecule has 0 bridgehead atoms. The zero-order chi connectivity index (χ0) is 7.72. The average Bonchev–Trinajstić information content (AvgIpc) is 1.93. The van der Waals surface area contributed by atoms with Crippen LogP contribution in [-0.4, -0.2) is 51.6 Å². The number of hydrogen-bond donors (Lipinski definition) is 3. The lowest BCUT2D eigenvalue weighted by atomic mass is 10.1. The van der Waals surface area contributed by atoms with Crippen LogP contribution in [-0.2, 0) is 4.74 Å². The lowest BCUT2D eigenvalue weighted by Crippen LogP contribution is -2.52. The van der Waals surface area contributed by atoms with Crippen LogP contribution in [0.3, 0.4) is 0 Å². The molecule has 0 amide bonds. The van der Waals surface area contributed by atoms with Crippen LogP contribution in [0, 0.1) is 0 Å². The summed E-state index contributed by atoms with van der Waals surface area (Å²) in [5, 5.41) is 33.6. The summed E-state index contributed by atoms with van der Waals surface area (Å²) in [5.41, 5.74) is 0. The molecule has 0 radical (unpaired) electrons. The molecule has 0 aromatic heterocycles. The average molecular weight is 151 g/mol. The Kier molecular flexibility index (Phi) is 2.22. The van der Waals surface area contributed by atoms with Gasteiger partial charge in [0, 0.05) is 0 Å². The predicted octanol–water partition coefficient (Wildman–Crippen LogP) is -2.85. The van der Waals surface area contributed by atoms with Gasteiger partial charge in [-0.15, -0.1) is 0 Å². The molecular weight excluding hydrogens is 140 g/mol. The Morgan fingerprint density at radius 2 is 1.90 bits per heavy atom. The Labute approximate surface area is 57.5 Å². The van der Waals surface area contributed by atoms with E-state index in [1.54, 1.807) is 0 Å².